The lowest BCUT2D eigenvalue weighted by Crippen LogP contribution is -2.19. The molecule has 0 aliphatic rings. The van der Waals surface area contributed by atoms with Crippen LogP contribution < -0.4 is 5.32 Å². The van der Waals surface area contributed by atoms with Crippen LogP contribution in [0.3, 0.4) is 0 Å². The molecule has 0 saturated heterocycles. The van der Waals surface area contributed by atoms with Crippen LogP contribution in [-0.2, 0) is 24.4 Å². The van der Waals surface area contributed by atoms with E-state index in [4.69, 9.17) is 5.26 Å². The summed E-state index contributed by atoms with van der Waals surface area (Å²) in [5.74, 6) is 0.664. The minimum atomic E-state index is -0.750. The summed E-state index contributed by atoms with van der Waals surface area (Å²) in [4.78, 5) is 0. The van der Waals surface area contributed by atoms with Gasteiger partial charge in [0.05, 0.1) is 0 Å². The van der Waals surface area contributed by atoms with Gasteiger partial charge in [-0.2, -0.15) is 5.26 Å². The molecule has 1 aromatic rings. The Morgan fingerprint density at radius 2 is 2.31 bits per heavy atom. The molecule has 1 N–H and O–H groups in total. The molecule has 4 nitrogen and oxygen atoms in total. The third kappa shape index (κ3) is 3.19. The number of nitrogens with one attached hydrogen (secondary N) is 1. The minimum absolute atomic E-state index is 0.664. The predicted octanol–water partition coefficient (Wildman–Crippen LogP) is 0.673. The van der Waals surface area contributed by atoms with E-state index in [1.165, 1.54) is 0 Å². The Labute approximate surface area is 98.7 Å². The smallest absolute Gasteiger partial charge is 0.120 e. The van der Waals surface area contributed by atoms with E-state index in [2.05, 4.69) is 11.4 Å². The molecule has 1 aromatic heterocycles. The van der Waals surface area contributed by atoms with Gasteiger partial charge in [-0.3, -0.25) is 4.21 Å². The maximum atomic E-state index is 10.9. The standard InChI is InChI=1S/C11H17N3OS/c1-9-10(6-11(7-12)14(9)2)8-13-4-5-16(3)15/h6,13H,4-5,8H2,1-3H3. The summed E-state index contributed by atoms with van der Waals surface area (Å²) in [6.45, 7) is 3.45. The monoisotopic (exact) mass is 239 g/mol. The van der Waals surface area contributed by atoms with Gasteiger partial charge in [0, 0.05) is 48.6 Å². The van der Waals surface area contributed by atoms with Crippen LogP contribution in [0.25, 0.3) is 0 Å². The number of nitriles is 1. The molecule has 1 atom stereocenters. The van der Waals surface area contributed by atoms with Crippen molar-refractivity contribution < 1.29 is 4.21 Å². The van der Waals surface area contributed by atoms with Crippen LogP contribution in [0.4, 0.5) is 0 Å². The highest BCUT2D eigenvalue weighted by atomic mass is 32.2. The van der Waals surface area contributed by atoms with Crippen molar-refractivity contribution in [2.24, 2.45) is 7.05 Å². The van der Waals surface area contributed by atoms with Gasteiger partial charge in [0.25, 0.3) is 0 Å². The van der Waals surface area contributed by atoms with Gasteiger partial charge in [-0.1, -0.05) is 0 Å². The highest BCUT2D eigenvalue weighted by Crippen LogP contribution is 2.12. The van der Waals surface area contributed by atoms with Crippen molar-refractivity contribution in [3.63, 3.8) is 0 Å². The van der Waals surface area contributed by atoms with Crippen LogP contribution in [0.15, 0.2) is 6.07 Å². The Morgan fingerprint density at radius 1 is 1.62 bits per heavy atom. The molecule has 16 heavy (non-hydrogen) atoms. The van der Waals surface area contributed by atoms with E-state index in [-0.39, 0.29) is 0 Å². The largest absolute Gasteiger partial charge is 0.340 e. The van der Waals surface area contributed by atoms with Crippen LogP contribution in [0.1, 0.15) is 17.0 Å². The number of rotatable bonds is 5. The van der Waals surface area contributed by atoms with E-state index in [0.717, 1.165) is 24.3 Å². The summed E-state index contributed by atoms with van der Waals surface area (Å²) >= 11 is 0. The van der Waals surface area contributed by atoms with E-state index in [1.54, 1.807) is 6.26 Å². The molecule has 0 spiro atoms. The quantitative estimate of drug-likeness (QED) is 0.768. The number of aromatic nitrogens is 1. The molecule has 1 heterocycles. The lowest BCUT2D eigenvalue weighted by atomic mass is 10.2. The highest BCUT2D eigenvalue weighted by molar-refractivity contribution is 7.84. The summed E-state index contributed by atoms with van der Waals surface area (Å²) in [7, 11) is 1.14. The molecule has 0 aliphatic carbocycles. The fourth-order valence-electron chi connectivity index (χ4n) is 1.49. The molecule has 1 rings (SSSR count). The van der Waals surface area contributed by atoms with Crippen molar-refractivity contribution >= 4 is 10.8 Å². The Balaban J connectivity index is 2.55. The first kappa shape index (κ1) is 12.9. The molecule has 0 fully saturated rings. The normalized spacial score (nSPS) is 12.4. The molecule has 5 heteroatoms. The zero-order valence-corrected chi connectivity index (χ0v) is 10.7. The van der Waals surface area contributed by atoms with Crippen LogP contribution in [-0.4, -0.2) is 27.3 Å². The summed E-state index contributed by atoms with van der Waals surface area (Å²) < 4.78 is 12.7. The van der Waals surface area contributed by atoms with Crippen molar-refractivity contribution in [2.75, 3.05) is 18.6 Å². The fourth-order valence-corrected chi connectivity index (χ4v) is 1.92. The first-order chi connectivity index (χ1) is 7.56. The topological polar surface area (TPSA) is 57.8 Å². The minimum Gasteiger partial charge on any atom is -0.340 e. The first-order valence-corrected chi connectivity index (χ1v) is 6.85. The summed E-state index contributed by atoms with van der Waals surface area (Å²) in [6.07, 6.45) is 1.70. The molecule has 88 valence electrons. The van der Waals surface area contributed by atoms with Gasteiger partial charge in [0.2, 0.25) is 0 Å². The Hall–Kier alpha value is -1.12. The van der Waals surface area contributed by atoms with Crippen LogP contribution in [0, 0.1) is 18.3 Å². The van der Waals surface area contributed by atoms with Crippen LogP contribution in [0.2, 0.25) is 0 Å². The second kappa shape index (κ2) is 5.83. The summed E-state index contributed by atoms with van der Waals surface area (Å²) in [5, 5.41) is 12.1. The van der Waals surface area contributed by atoms with E-state index in [0.29, 0.717) is 11.4 Å². The zero-order chi connectivity index (χ0) is 12.1. The molecular formula is C11H17N3OS. The van der Waals surface area contributed by atoms with E-state index in [1.807, 2.05) is 24.6 Å². The second-order valence-corrected chi connectivity index (χ2v) is 5.32. The summed E-state index contributed by atoms with van der Waals surface area (Å²) in [5.41, 5.74) is 2.90. The van der Waals surface area contributed by atoms with Crippen molar-refractivity contribution in [1.82, 2.24) is 9.88 Å². The number of hydrogen-bond acceptors (Lipinski definition) is 3. The third-order valence-electron chi connectivity index (χ3n) is 2.64. The molecule has 0 aromatic carbocycles. The molecule has 0 aliphatic heterocycles. The molecule has 0 radical (unpaired) electrons. The van der Waals surface area contributed by atoms with Crippen molar-refractivity contribution in [3.8, 4) is 6.07 Å². The highest BCUT2D eigenvalue weighted by Gasteiger charge is 2.07. The average Bonchev–Trinajstić information content (AvgIpc) is 2.51. The lowest BCUT2D eigenvalue weighted by molar-refractivity contribution is 0.675. The molecular weight excluding hydrogens is 222 g/mol. The lowest BCUT2D eigenvalue weighted by Gasteiger charge is -2.04. The van der Waals surface area contributed by atoms with E-state index < -0.39 is 10.8 Å². The Kier molecular flexibility index (Phi) is 4.71. The van der Waals surface area contributed by atoms with Gasteiger partial charge < -0.3 is 9.88 Å². The van der Waals surface area contributed by atoms with Crippen LogP contribution >= 0.6 is 0 Å². The maximum Gasteiger partial charge on any atom is 0.120 e. The van der Waals surface area contributed by atoms with Gasteiger partial charge in [0.15, 0.2) is 0 Å². The van der Waals surface area contributed by atoms with Crippen molar-refractivity contribution in [3.05, 3.63) is 23.0 Å². The molecule has 0 amide bonds. The SMILES string of the molecule is Cc1c(CNCCS(C)=O)cc(C#N)n1C. The van der Waals surface area contributed by atoms with Gasteiger partial charge in [-0.15, -0.1) is 0 Å². The number of hydrogen-bond donors (Lipinski definition) is 1. The van der Waals surface area contributed by atoms with E-state index in [9.17, 15) is 4.21 Å². The first-order valence-electron chi connectivity index (χ1n) is 5.12. The maximum absolute atomic E-state index is 10.9. The van der Waals surface area contributed by atoms with Gasteiger partial charge in [0.1, 0.15) is 11.8 Å². The Morgan fingerprint density at radius 3 is 2.81 bits per heavy atom. The second-order valence-electron chi connectivity index (χ2n) is 3.77. The van der Waals surface area contributed by atoms with Gasteiger partial charge >= 0.3 is 0 Å². The Bertz CT molecular complexity index is 431. The molecule has 1 unspecified atom stereocenters. The van der Waals surface area contributed by atoms with E-state index >= 15 is 0 Å². The van der Waals surface area contributed by atoms with Gasteiger partial charge in [-0.25, -0.2) is 0 Å². The van der Waals surface area contributed by atoms with Gasteiger partial charge in [-0.05, 0) is 18.6 Å². The fraction of sp³-hybridized carbons (Fsp3) is 0.545. The number of nitrogens with zero attached hydrogens (tertiary/aromatic N) is 2. The van der Waals surface area contributed by atoms with Crippen molar-refractivity contribution in [1.29, 1.82) is 5.26 Å². The average molecular weight is 239 g/mol. The summed E-state index contributed by atoms with van der Waals surface area (Å²) in [6, 6.07) is 4.05. The van der Waals surface area contributed by atoms with Crippen LogP contribution in [0.5, 0.6) is 0 Å². The zero-order valence-electron chi connectivity index (χ0n) is 9.91. The van der Waals surface area contributed by atoms with Crippen molar-refractivity contribution in [2.45, 2.75) is 13.5 Å². The molecule has 0 bridgehead atoms. The third-order valence-corrected chi connectivity index (χ3v) is 3.42. The predicted molar refractivity (Wildman–Crippen MR) is 65.5 cm³/mol. The molecule has 0 saturated carbocycles.